The van der Waals surface area contributed by atoms with Gasteiger partial charge in [-0.25, -0.2) is 4.90 Å². The smallest absolute Gasteiger partial charge is 0.282 e. The minimum Gasteiger partial charge on any atom is -0.497 e. The number of carbonyl (C=O) groups excluding carboxylic acids is 2. The van der Waals surface area contributed by atoms with Crippen molar-refractivity contribution in [3.63, 3.8) is 0 Å². The van der Waals surface area contributed by atoms with E-state index in [9.17, 15) is 9.59 Å². The SMILES string of the molecule is COc1ccc(N2C(=O)C(c3ccccc3OC)=C(N3CCN(C)CC3)C2=O)c(OC)c1. The summed E-state index contributed by atoms with van der Waals surface area (Å²) in [5.41, 5.74) is 1.71. The lowest BCUT2D eigenvalue weighted by molar-refractivity contribution is -0.120. The Morgan fingerprint density at radius 1 is 0.781 bits per heavy atom. The summed E-state index contributed by atoms with van der Waals surface area (Å²) in [4.78, 5) is 32.9. The second-order valence-electron chi connectivity index (χ2n) is 7.70. The van der Waals surface area contributed by atoms with Gasteiger partial charge in [0.05, 0.1) is 32.6 Å². The van der Waals surface area contributed by atoms with E-state index in [1.165, 1.54) is 12.0 Å². The van der Waals surface area contributed by atoms with Crippen LogP contribution < -0.4 is 19.1 Å². The Balaban J connectivity index is 1.86. The normalized spacial score (nSPS) is 17.2. The highest BCUT2D eigenvalue weighted by Crippen LogP contribution is 2.42. The highest BCUT2D eigenvalue weighted by atomic mass is 16.5. The molecule has 0 radical (unpaired) electrons. The monoisotopic (exact) mass is 437 g/mol. The summed E-state index contributed by atoms with van der Waals surface area (Å²) in [7, 11) is 6.65. The zero-order valence-electron chi connectivity index (χ0n) is 18.8. The van der Waals surface area contributed by atoms with Crippen molar-refractivity contribution in [1.29, 1.82) is 0 Å². The van der Waals surface area contributed by atoms with Gasteiger partial charge in [-0.3, -0.25) is 9.59 Å². The van der Waals surface area contributed by atoms with Crippen LogP contribution in [-0.4, -0.2) is 76.2 Å². The number of carbonyl (C=O) groups is 2. The molecule has 168 valence electrons. The maximum Gasteiger partial charge on any atom is 0.282 e. The van der Waals surface area contributed by atoms with E-state index >= 15 is 0 Å². The third-order valence-corrected chi connectivity index (χ3v) is 5.88. The number of imide groups is 1. The Morgan fingerprint density at radius 2 is 1.47 bits per heavy atom. The van der Waals surface area contributed by atoms with Gasteiger partial charge in [0.1, 0.15) is 22.9 Å². The zero-order chi connectivity index (χ0) is 22.8. The molecule has 2 heterocycles. The lowest BCUT2D eigenvalue weighted by atomic mass is 10.0. The molecule has 2 aliphatic rings. The third kappa shape index (κ3) is 3.67. The molecule has 2 aliphatic heterocycles. The summed E-state index contributed by atoms with van der Waals surface area (Å²) in [5.74, 6) is 0.714. The Morgan fingerprint density at radius 3 is 2.12 bits per heavy atom. The molecule has 2 amide bonds. The molecule has 1 fully saturated rings. The Labute approximate surface area is 187 Å². The number of likely N-dealkylation sites (N-methyl/N-ethyl adjacent to an activating group) is 1. The molecule has 32 heavy (non-hydrogen) atoms. The van der Waals surface area contributed by atoms with Gasteiger partial charge < -0.3 is 24.0 Å². The lowest BCUT2D eigenvalue weighted by Crippen LogP contribution is -2.46. The lowest BCUT2D eigenvalue weighted by Gasteiger charge is -2.34. The molecule has 1 saturated heterocycles. The maximum absolute atomic E-state index is 13.8. The first-order chi connectivity index (χ1) is 15.5. The zero-order valence-corrected chi connectivity index (χ0v) is 18.8. The van der Waals surface area contributed by atoms with Crippen LogP contribution in [0.2, 0.25) is 0 Å². The fraction of sp³-hybridized carbons (Fsp3) is 0.333. The van der Waals surface area contributed by atoms with Crippen LogP contribution in [0.5, 0.6) is 17.2 Å². The molecule has 0 unspecified atom stereocenters. The van der Waals surface area contributed by atoms with Gasteiger partial charge in [-0.2, -0.15) is 0 Å². The molecule has 2 aromatic carbocycles. The molecule has 8 heteroatoms. The van der Waals surface area contributed by atoms with Gasteiger partial charge in [-0.15, -0.1) is 0 Å². The fourth-order valence-electron chi connectivity index (χ4n) is 4.12. The van der Waals surface area contributed by atoms with Crippen molar-refractivity contribution in [3.8, 4) is 17.2 Å². The molecule has 0 spiro atoms. The van der Waals surface area contributed by atoms with Gasteiger partial charge >= 0.3 is 0 Å². The topological polar surface area (TPSA) is 71.5 Å². The van der Waals surface area contributed by atoms with E-state index in [1.807, 2.05) is 30.1 Å². The Kier molecular flexibility index (Phi) is 6.05. The van der Waals surface area contributed by atoms with Gasteiger partial charge in [0.15, 0.2) is 0 Å². The number of amides is 2. The number of hydrogen-bond acceptors (Lipinski definition) is 7. The molecule has 4 rings (SSSR count). The van der Waals surface area contributed by atoms with Crippen molar-refractivity contribution in [2.45, 2.75) is 0 Å². The highest BCUT2D eigenvalue weighted by molar-refractivity contribution is 6.46. The van der Waals surface area contributed by atoms with Gasteiger partial charge in [-0.1, -0.05) is 18.2 Å². The Bertz CT molecular complexity index is 1070. The first kappa shape index (κ1) is 21.7. The van der Waals surface area contributed by atoms with Crippen molar-refractivity contribution < 1.29 is 23.8 Å². The van der Waals surface area contributed by atoms with E-state index in [0.29, 0.717) is 52.9 Å². The van der Waals surface area contributed by atoms with Crippen LogP contribution in [0, 0.1) is 0 Å². The molecular weight excluding hydrogens is 410 g/mol. The summed E-state index contributed by atoms with van der Waals surface area (Å²) >= 11 is 0. The Hall–Kier alpha value is -3.52. The summed E-state index contributed by atoms with van der Waals surface area (Å²) < 4.78 is 16.3. The molecule has 0 bridgehead atoms. The summed E-state index contributed by atoms with van der Waals surface area (Å²) in [6.07, 6.45) is 0. The first-order valence-electron chi connectivity index (χ1n) is 10.4. The summed E-state index contributed by atoms with van der Waals surface area (Å²) in [6, 6.07) is 12.3. The molecule has 0 atom stereocenters. The quantitative estimate of drug-likeness (QED) is 0.642. The average molecular weight is 437 g/mol. The van der Waals surface area contributed by atoms with Crippen LogP contribution >= 0.6 is 0 Å². The van der Waals surface area contributed by atoms with Crippen LogP contribution in [0.15, 0.2) is 48.2 Å². The molecule has 0 saturated carbocycles. The predicted octanol–water partition coefficient (Wildman–Crippen LogP) is 2.24. The number of ether oxygens (including phenoxy) is 3. The molecule has 0 aromatic heterocycles. The van der Waals surface area contributed by atoms with Gasteiger partial charge in [0, 0.05) is 37.8 Å². The minimum absolute atomic E-state index is 0.342. The summed E-state index contributed by atoms with van der Waals surface area (Å²) in [5, 5.41) is 0. The van der Waals surface area contributed by atoms with Gasteiger partial charge in [0.25, 0.3) is 11.8 Å². The number of para-hydroxylation sites is 1. The van der Waals surface area contributed by atoms with E-state index < -0.39 is 5.91 Å². The van der Waals surface area contributed by atoms with Crippen molar-refractivity contribution in [2.24, 2.45) is 0 Å². The number of anilines is 1. The molecule has 2 aromatic rings. The van der Waals surface area contributed by atoms with E-state index in [2.05, 4.69) is 4.90 Å². The maximum atomic E-state index is 13.8. The number of nitrogens with zero attached hydrogens (tertiary/aromatic N) is 3. The van der Waals surface area contributed by atoms with Gasteiger partial charge in [0.2, 0.25) is 0 Å². The van der Waals surface area contributed by atoms with Crippen LogP contribution in [0.4, 0.5) is 5.69 Å². The van der Waals surface area contributed by atoms with Crippen molar-refractivity contribution in [1.82, 2.24) is 9.80 Å². The predicted molar refractivity (Wildman–Crippen MR) is 121 cm³/mol. The second-order valence-corrected chi connectivity index (χ2v) is 7.70. The van der Waals surface area contributed by atoms with Crippen LogP contribution in [0.3, 0.4) is 0 Å². The number of methoxy groups -OCH3 is 3. The number of hydrogen-bond donors (Lipinski definition) is 0. The average Bonchev–Trinajstić information content (AvgIpc) is 3.08. The third-order valence-electron chi connectivity index (χ3n) is 5.88. The van der Waals surface area contributed by atoms with Crippen molar-refractivity contribution in [3.05, 3.63) is 53.7 Å². The minimum atomic E-state index is -0.406. The standard InChI is InChI=1S/C24H27N3O5/c1-25-11-13-26(14-12-25)22-21(17-7-5-6-8-19(17)31-3)23(28)27(24(22)29)18-10-9-16(30-2)15-20(18)32-4/h5-10,15H,11-14H2,1-4H3. The highest BCUT2D eigenvalue weighted by Gasteiger charge is 2.44. The molecular formula is C24H27N3O5. The molecule has 0 N–H and O–H groups in total. The van der Waals surface area contributed by atoms with E-state index in [4.69, 9.17) is 14.2 Å². The van der Waals surface area contributed by atoms with Crippen molar-refractivity contribution >= 4 is 23.1 Å². The van der Waals surface area contributed by atoms with E-state index in [1.54, 1.807) is 38.5 Å². The van der Waals surface area contributed by atoms with Gasteiger partial charge in [-0.05, 0) is 25.2 Å². The van der Waals surface area contributed by atoms with E-state index in [-0.39, 0.29) is 5.91 Å². The second kappa shape index (κ2) is 8.92. The number of piperazine rings is 1. The van der Waals surface area contributed by atoms with Crippen LogP contribution in [-0.2, 0) is 9.59 Å². The van der Waals surface area contributed by atoms with Crippen LogP contribution in [0.1, 0.15) is 5.56 Å². The fourth-order valence-corrected chi connectivity index (χ4v) is 4.12. The van der Waals surface area contributed by atoms with Crippen LogP contribution in [0.25, 0.3) is 5.57 Å². The van der Waals surface area contributed by atoms with E-state index in [0.717, 1.165) is 13.1 Å². The number of benzene rings is 2. The molecule has 0 aliphatic carbocycles. The first-order valence-corrected chi connectivity index (χ1v) is 10.4. The largest absolute Gasteiger partial charge is 0.497 e. The van der Waals surface area contributed by atoms with Crippen molar-refractivity contribution in [2.75, 3.05) is 59.5 Å². The summed E-state index contributed by atoms with van der Waals surface area (Å²) in [6.45, 7) is 2.90. The molecule has 8 nitrogen and oxygen atoms in total. The number of rotatable bonds is 6.